The molecule has 3 atom stereocenters. The minimum atomic E-state index is -0.654. The number of carboxylic acid groups (broad SMARTS) is 1. The third-order valence-electron chi connectivity index (χ3n) is 3.64. The third-order valence-corrected chi connectivity index (χ3v) is 3.64. The fourth-order valence-corrected chi connectivity index (χ4v) is 2.93. The number of benzene rings is 1. The van der Waals surface area contributed by atoms with Crippen LogP contribution >= 0.6 is 0 Å². The van der Waals surface area contributed by atoms with Crippen LogP contribution in [0.4, 0.5) is 0 Å². The summed E-state index contributed by atoms with van der Waals surface area (Å²) >= 11 is 0. The van der Waals surface area contributed by atoms with E-state index in [9.17, 15) is 4.79 Å². The maximum Gasteiger partial charge on any atom is 0.307 e. The first-order chi connectivity index (χ1) is 7.24. The monoisotopic (exact) mass is 204 g/mol. The highest BCUT2D eigenvalue weighted by atomic mass is 16.5. The Morgan fingerprint density at radius 1 is 1.53 bits per heavy atom. The molecule has 1 saturated carbocycles. The molecule has 0 amide bonds. The van der Waals surface area contributed by atoms with Gasteiger partial charge in [-0.2, -0.15) is 0 Å². The smallest absolute Gasteiger partial charge is 0.307 e. The fourth-order valence-electron chi connectivity index (χ4n) is 2.93. The predicted molar refractivity (Wildman–Crippen MR) is 54.1 cm³/mol. The van der Waals surface area contributed by atoms with E-state index in [2.05, 4.69) is 0 Å². The Hall–Kier alpha value is -1.51. The molecular weight excluding hydrogens is 192 g/mol. The minimum absolute atomic E-state index is 0.149. The number of hydrogen-bond donors (Lipinski definition) is 1. The lowest BCUT2D eigenvalue weighted by atomic mass is 10.0. The summed E-state index contributed by atoms with van der Waals surface area (Å²) in [6.45, 7) is 0. The van der Waals surface area contributed by atoms with Crippen LogP contribution in [0, 0.1) is 11.8 Å². The average Bonchev–Trinajstić information content (AvgIpc) is 2.82. The Labute approximate surface area is 87.7 Å². The predicted octanol–water partition coefficient (Wildman–Crippen LogP) is 1.67. The molecule has 0 heterocycles. The van der Waals surface area contributed by atoms with Gasteiger partial charge in [0.05, 0.1) is 13.0 Å². The van der Waals surface area contributed by atoms with Crippen molar-refractivity contribution in [2.24, 2.45) is 11.8 Å². The summed E-state index contributed by atoms with van der Waals surface area (Å²) in [4.78, 5) is 10.9. The molecule has 3 nitrogen and oxygen atoms in total. The molecule has 2 aliphatic rings. The van der Waals surface area contributed by atoms with Crippen LogP contribution in [-0.2, 0) is 11.2 Å². The maximum absolute atomic E-state index is 10.9. The summed E-state index contributed by atoms with van der Waals surface area (Å²) in [6, 6.07) is 5.92. The molecule has 1 aromatic rings. The van der Waals surface area contributed by atoms with Crippen molar-refractivity contribution in [3.05, 3.63) is 29.3 Å². The van der Waals surface area contributed by atoms with E-state index in [-0.39, 0.29) is 11.8 Å². The summed E-state index contributed by atoms with van der Waals surface area (Å²) in [5, 5.41) is 8.98. The number of methoxy groups -OCH3 is 1. The van der Waals surface area contributed by atoms with Gasteiger partial charge in [-0.3, -0.25) is 4.79 Å². The third kappa shape index (κ3) is 1.03. The van der Waals surface area contributed by atoms with Crippen molar-refractivity contribution in [2.45, 2.75) is 12.3 Å². The zero-order valence-corrected chi connectivity index (χ0v) is 8.43. The van der Waals surface area contributed by atoms with E-state index in [1.165, 1.54) is 11.1 Å². The van der Waals surface area contributed by atoms with Gasteiger partial charge in [0.2, 0.25) is 0 Å². The van der Waals surface area contributed by atoms with E-state index in [0.717, 1.165) is 12.2 Å². The molecule has 1 N–H and O–H groups in total. The number of hydrogen-bond acceptors (Lipinski definition) is 2. The lowest BCUT2D eigenvalue weighted by molar-refractivity contribution is -0.139. The van der Waals surface area contributed by atoms with Gasteiger partial charge in [0.1, 0.15) is 5.75 Å². The highest BCUT2D eigenvalue weighted by Gasteiger charge is 2.60. The number of carboxylic acids is 1. The van der Waals surface area contributed by atoms with Crippen LogP contribution in [0.3, 0.4) is 0 Å². The Morgan fingerprint density at radius 2 is 2.33 bits per heavy atom. The molecule has 1 aromatic carbocycles. The second-order valence-corrected chi connectivity index (χ2v) is 4.29. The van der Waals surface area contributed by atoms with Crippen LogP contribution in [0.15, 0.2) is 18.2 Å². The number of rotatable bonds is 2. The zero-order valence-electron chi connectivity index (χ0n) is 8.43. The Kier molecular flexibility index (Phi) is 1.61. The van der Waals surface area contributed by atoms with Crippen molar-refractivity contribution in [3.8, 4) is 5.75 Å². The summed E-state index contributed by atoms with van der Waals surface area (Å²) in [7, 11) is 1.66. The van der Waals surface area contributed by atoms with Crippen molar-refractivity contribution in [1.29, 1.82) is 0 Å². The first-order valence-electron chi connectivity index (χ1n) is 5.12. The molecule has 0 aliphatic heterocycles. The summed E-state index contributed by atoms with van der Waals surface area (Å²) in [5.41, 5.74) is 2.40. The molecule has 0 spiro atoms. The van der Waals surface area contributed by atoms with Gasteiger partial charge in [-0.05, 0) is 29.5 Å². The highest BCUT2D eigenvalue weighted by Crippen LogP contribution is 2.62. The van der Waals surface area contributed by atoms with Gasteiger partial charge in [-0.25, -0.2) is 0 Å². The van der Waals surface area contributed by atoms with Crippen molar-refractivity contribution in [3.63, 3.8) is 0 Å². The first kappa shape index (κ1) is 8.77. The molecule has 0 unspecified atom stereocenters. The highest BCUT2D eigenvalue weighted by molar-refractivity contribution is 5.78. The topological polar surface area (TPSA) is 46.5 Å². The summed E-state index contributed by atoms with van der Waals surface area (Å²) in [5.74, 6) is 0.660. The quantitative estimate of drug-likeness (QED) is 0.797. The normalized spacial score (nSPS) is 30.6. The molecule has 15 heavy (non-hydrogen) atoms. The molecule has 0 bridgehead atoms. The number of fused-ring (bicyclic) bond motifs is 3. The van der Waals surface area contributed by atoms with Crippen LogP contribution < -0.4 is 4.74 Å². The molecule has 78 valence electrons. The number of aliphatic carboxylic acids is 1. The van der Waals surface area contributed by atoms with Gasteiger partial charge in [-0.1, -0.05) is 12.1 Å². The summed E-state index contributed by atoms with van der Waals surface area (Å²) < 4.78 is 5.27. The van der Waals surface area contributed by atoms with Crippen molar-refractivity contribution >= 4 is 5.97 Å². The fraction of sp³-hybridized carbons (Fsp3) is 0.417. The van der Waals surface area contributed by atoms with Gasteiger partial charge in [0, 0.05) is 5.92 Å². The van der Waals surface area contributed by atoms with Gasteiger partial charge in [0.25, 0.3) is 0 Å². The number of ether oxygens (including phenoxy) is 1. The number of carbonyl (C=O) groups is 1. The molecule has 3 rings (SSSR count). The van der Waals surface area contributed by atoms with Gasteiger partial charge in [-0.15, -0.1) is 0 Å². The SMILES string of the molecule is COc1cccc2c1C[C@@H]1[C@H](C(=O)O)[C@@H]21. The van der Waals surface area contributed by atoms with Gasteiger partial charge < -0.3 is 9.84 Å². The average molecular weight is 204 g/mol. The molecular formula is C12H12O3. The maximum atomic E-state index is 10.9. The molecule has 2 aliphatic carbocycles. The van der Waals surface area contributed by atoms with Crippen LogP contribution in [0.1, 0.15) is 17.0 Å². The van der Waals surface area contributed by atoms with Crippen LogP contribution in [0.5, 0.6) is 5.75 Å². The van der Waals surface area contributed by atoms with Crippen LogP contribution in [0.2, 0.25) is 0 Å². The molecule has 0 radical (unpaired) electrons. The Balaban J connectivity index is 2.00. The second-order valence-electron chi connectivity index (χ2n) is 4.29. The lowest BCUT2D eigenvalue weighted by Gasteiger charge is -2.09. The van der Waals surface area contributed by atoms with E-state index in [0.29, 0.717) is 5.92 Å². The van der Waals surface area contributed by atoms with Gasteiger partial charge in [0.15, 0.2) is 0 Å². The van der Waals surface area contributed by atoms with Crippen LogP contribution in [-0.4, -0.2) is 18.2 Å². The largest absolute Gasteiger partial charge is 0.496 e. The van der Waals surface area contributed by atoms with E-state index in [4.69, 9.17) is 9.84 Å². The Morgan fingerprint density at radius 3 is 3.00 bits per heavy atom. The van der Waals surface area contributed by atoms with Gasteiger partial charge >= 0.3 is 5.97 Å². The standard InChI is InChI=1S/C12H12O3/c1-15-9-4-2-3-6-7(9)5-8-10(6)11(8)12(13)14/h2-4,8,10-11H,5H2,1H3,(H,13,14)/t8-,10-,11-/m0/s1. The minimum Gasteiger partial charge on any atom is -0.496 e. The van der Waals surface area contributed by atoms with E-state index >= 15 is 0 Å². The lowest BCUT2D eigenvalue weighted by Crippen LogP contribution is -2.05. The first-order valence-corrected chi connectivity index (χ1v) is 5.12. The van der Waals surface area contributed by atoms with E-state index in [1.54, 1.807) is 7.11 Å². The Bertz CT molecular complexity index is 438. The zero-order chi connectivity index (χ0) is 10.6. The van der Waals surface area contributed by atoms with E-state index < -0.39 is 5.97 Å². The van der Waals surface area contributed by atoms with Crippen molar-refractivity contribution < 1.29 is 14.6 Å². The second kappa shape index (κ2) is 2.75. The molecule has 0 aromatic heterocycles. The van der Waals surface area contributed by atoms with E-state index in [1.807, 2.05) is 18.2 Å². The summed E-state index contributed by atoms with van der Waals surface area (Å²) in [6.07, 6.45) is 0.862. The molecule has 3 heteroatoms. The molecule has 0 saturated heterocycles. The van der Waals surface area contributed by atoms with Crippen LogP contribution in [0.25, 0.3) is 0 Å². The van der Waals surface area contributed by atoms with Crippen molar-refractivity contribution in [1.82, 2.24) is 0 Å². The van der Waals surface area contributed by atoms with Crippen molar-refractivity contribution in [2.75, 3.05) is 7.11 Å². The molecule has 1 fully saturated rings.